The summed E-state index contributed by atoms with van der Waals surface area (Å²) in [6.07, 6.45) is 4.18. The van der Waals surface area contributed by atoms with Gasteiger partial charge in [0, 0.05) is 16.6 Å². The average Bonchev–Trinajstić information content (AvgIpc) is 2.62. The molecule has 0 aromatic heterocycles. The van der Waals surface area contributed by atoms with E-state index in [0.717, 1.165) is 47.4 Å². The summed E-state index contributed by atoms with van der Waals surface area (Å²) in [6, 6.07) is 15.6. The molecule has 2 atom stereocenters. The van der Waals surface area contributed by atoms with Crippen molar-refractivity contribution in [3.8, 4) is 0 Å². The fraction of sp³-hybridized carbons (Fsp3) is 0.381. The molecule has 25 heavy (non-hydrogen) atoms. The van der Waals surface area contributed by atoms with Gasteiger partial charge in [0.25, 0.3) is 5.91 Å². The van der Waals surface area contributed by atoms with Crippen LogP contribution in [0.1, 0.15) is 47.2 Å². The summed E-state index contributed by atoms with van der Waals surface area (Å²) in [5, 5.41) is 3.91. The Hall–Kier alpha value is -1.84. The van der Waals surface area contributed by atoms with Gasteiger partial charge in [0.2, 0.25) is 0 Å². The predicted octanol–water partition coefficient (Wildman–Crippen LogP) is 4.91. The molecular formula is C21H24ClNO2. The van der Waals surface area contributed by atoms with Gasteiger partial charge in [0.1, 0.15) is 0 Å². The summed E-state index contributed by atoms with van der Waals surface area (Å²) in [5.74, 6) is 0.0152. The number of halogens is 1. The highest BCUT2D eigenvalue weighted by Gasteiger charge is 2.24. The first kappa shape index (κ1) is 18.0. The van der Waals surface area contributed by atoms with Crippen molar-refractivity contribution in [1.82, 2.24) is 5.32 Å². The van der Waals surface area contributed by atoms with E-state index >= 15 is 0 Å². The quantitative estimate of drug-likeness (QED) is 0.825. The third kappa shape index (κ3) is 5.07. The standard InChI is InChI=1S/C21H24ClNO2/c1-15-5-2-3-8-20(15)21(24)23-18-6-4-7-19(13-18)25-14-16-9-11-17(22)12-10-16/h2-3,5,8-12,18-19H,4,6-7,13-14H2,1H3,(H,23,24). The number of aryl methyl sites for hydroxylation is 1. The van der Waals surface area contributed by atoms with Gasteiger partial charge >= 0.3 is 0 Å². The summed E-state index contributed by atoms with van der Waals surface area (Å²) in [5.41, 5.74) is 2.88. The fourth-order valence-corrected chi connectivity index (χ4v) is 3.44. The second-order valence-corrected chi connectivity index (χ2v) is 7.15. The van der Waals surface area contributed by atoms with Gasteiger partial charge in [-0.3, -0.25) is 4.79 Å². The molecule has 132 valence electrons. The molecule has 1 N–H and O–H groups in total. The van der Waals surface area contributed by atoms with Gasteiger partial charge in [-0.05, 0) is 61.9 Å². The lowest BCUT2D eigenvalue weighted by molar-refractivity contribution is 0.00877. The molecule has 1 aliphatic rings. The molecular weight excluding hydrogens is 334 g/mol. The van der Waals surface area contributed by atoms with Gasteiger partial charge in [-0.2, -0.15) is 0 Å². The molecule has 3 rings (SSSR count). The van der Waals surface area contributed by atoms with Crippen molar-refractivity contribution in [1.29, 1.82) is 0 Å². The van der Waals surface area contributed by atoms with Gasteiger partial charge in [0.15, 0.2) is 0 Å². The number of benzene rings is 2. The Labute approximate surface area is 154 Å². The Balaban J connectivity index is 1.51. The summed E-state index contributed by atoms with van der Waals surface area (Å²) < 4.78 is 6.06. The first-order valence-electron chi connectivity index (χ1n) is 8.84. The second kappa shape index (κ2) is 8.50. The molecule has 1 amide bonds. The molecule has 1 aliphatic carbocycles. The highest BCUT2D eigenvalue weighted by atomic mass is 35.5. The topological polar surface area (TPSA) is 38.3 Å². The number of carbonyl (C=O) groups excluding carboxylic acids is 1. The molecule has 0 spiro atoms. The van der Waals surface area contributed by atoms with Crippen LogP contribution in [0, 0.1) is 6.92 Å². The molecule has 2 aromatic carbocycles. The third-order valence-corrected chi connectivity index (χ3v) is 5.00. The Morgan fingerprint density at radius 3 is 2.68 bits per heavy atom. The van der Waals surface area contributed by atoms with Gasteiger partial charge in [-0.1, -0.05) is 41.9 Å². The molecule has 2 unspecified atom stereocenters. The number of amides is 1. The SMILES string of the molecule is Cc1ccccc1C(=O)NC1CCCC(OCc2ccc(Cl)cc2)C1. The average molecular weight is 358 g/mol. The van der Waals surface area contributed by atoms with Crippen LogP contribution in [-0.2, 0) is 11.3 Å². The number of ether oxygens (including phenoxy) is 1. The summed E-state index contributed by atoms with van der Waals surface area (Å²) in [6.45, 7) is 2.55. The largest absolute Gasteiger partial charge is 0.373 e. The van der Waals surface area contributed by atoms with E-state index in [4.69, 9.17) is 16.3 Å². The van der Waals surface area contributed by atoms with Crippen LogP contribution >= 0.6 is 11.6 Å². The highest BCUT2D eigenvalue weighted by molar-refractivity contribution is 6.30. The minimum Gasteiger partial charge on any atom is -0.373 e. The van der Waals surface area contributed by atoms with Crippen LogP contribution in [0.4, 0.5) is 0 Å². The summed E-state index contributed by atoms with van der Waals surface area (Å²) in [7, 11) is 0. The predicted molar refractivity (Wildman–Crippen MR) is 101 cm³/mol. The van der Waals surface area contributed by atoms with Crippen LogP contribution in [0.25, 0.3) is 0 Å². The van der Waals surface area contributed by atoms with Crippen molar-refractivity contribution < 1.29 is 9.53 Å². The van der Waals surface area contributed by atoms with E-state index in [1.54, 1.807) is 0 Å². The van der Waals surface area contributed by atoms with E-state index in [0.29, 0.717) is 6.61 Å². The van der Waals surface area contributed by atoms with Crippen LogP contribution in [0.3, 0.4) is 0 Å². The number of rotatable bonds is 5. The zero-order valence-corrected chi connectivity index (χ0v) is 15.3. The molecule has 0 radical (unpaired) electrons. The highest BCUT2D eigenvalue weighted by Crippen LogP contribution is 2.23. The zero-order chi connectivity index (χ0) is 17.6. The smallest absolute Gasteiger partial charge is 0.251 e. The van der Waals surface area contributed by atoms with Crippen LogP contribution in [0.15, 0.2) is 48.5 Å². The van der Waals surface area contributed by atoms with E-state index < -0.39 is 0 Å². The summed E-state index contributed by atoms with van der Waals surface area (Å²) >= 11 is 5.91. The second-order valence-electron chi connectivity index (χ2n) is 6.71. The number of hydrogen-bond acceptors (Lipinski definition) is 2. The van der Waals surface area contributed by atoms with Gasteiger partial charge < -0.3 is 10.1 Å². The molecule has 2 aromatic rings. The molecule has 0 saturated heterocycles. The zero-order valence-electron chi connectivity index (χ0n) is 14.5. The van der Waals surface area contributed by atoms with Crippen molar-refractivity contribution in [2.75, 3.05) is 0 Å². The Morgan fingerprint density at radius 1 is 1.16 bits per heavy atom. The first-order valence-corrected chi connectivity index (χ1v) is 9.22. The lowest BCUT2D eigenvalue weighted by Gasteiger charge is -2.30. The Morgan fingerprint density at radius 2 is 1.92 bits per heavy atom. The van der Waals surface area contributed by atoms with Crippen LogP contribution in [-0.4, -0.2) is 18.1 Å². The molecule has 1 saturated carbocycles. The maximum atomic E-state index is 12.5. The van der Waals surface area contributed by atoms with E-state index in [9.17, 15) is 4.79 Å². The van der Waals surface area contributed by atoms with E-state index in [1.807, 2.05) is 55.5 Å². The lowest BCUT2D eigenvalue weighted by atomic mass is 9.92. The lowest BCUT2D eigenvalue weighted by Crippen LogP contribution is -2.40. The number of carbonyl (C=O) groups is 1. The molecule has 4 heteroatoms. The van der Waals surface area contributed by atoms with Crippen molar-refractivity contribution in [2.45, 2.75) is 51.4 Å². The van der Waals surface area contributed by atoms with Crippen molar-refractivity contribution >= 4 is 17.5 Å². The molecule has 1 fully saturated rings. The molecule has 0 aliphatic heterocycles. The van der Waals surface area contributed by atoms with Crippen LogP contribution in [0.5, 0.6) is 0 Å². The maximum Gasteiger partial charge on any atom is 0.251 e. The van der Waals surface area contributed by atoms with Gasteiger partial charge in [0.05, 0.1) is 12.7 Å². The normalized spacial score (nSPS) is 20.2. The third-order valence-electron chi connectivity index (χ3n) is 4.75. The first-order chi connectivity index (χ1) is 12.1. The number of hydrogen-bond donors (Lipinski definition) is 1. The Kier molecular flexibility index (Phi) is 6.11. The van der Waals surface area contributed by atoms with Crippen molar-refractivity contribution in [2.24, 2.45) is 0 Å². The van der Waals surface area contributed by atoms with Gasteiger partial charge in [-0.25, -0.2) is 0 Å². The van der Waals surface area contributed by atoms with E-state index in [2.05, 4.69) is 5.32 Å². The molecule has 0 bridgehead atoms. The Bertz CT molecular complexity index is 714. The van der Waals surface area contributed by atoms with Crippen molar-refractivity contribution in [3.05, 3.63) is 70.2 Å². The molecule has 0 heterocycles. The molecule has 3 nitrogen and oxygen atoms in total. The monoisotopic (exact) mass is 357 g/mol. The minimum atomic E-state index is 0.0152. The van der Waals surface area contributed by atoms with E-state index in [1.165, 1.54) is 0 Å². The van der Waals surface area contributed by atoms with Gasteiger partial charge in [-0.15, -0.1) is 0 Å². The van der Waals surface area contributed by atoms with E-state index in [-0.39, 0.29) is 18.1 Å². The van der Waals surface area contributed by atoms with Crippen LogP contribution in [0.2, 0.25) is 5.02 Å². The summed E-state index contributed by atoms with van der Waals surface area (Å²) in [4.78, 5) is 12.5. The fourth-order valence-electron chi connectivity index (χ4n) is 3.31. The maximum absolute atomic E-state index is 12.5. The van der Waals surface area contributed by atoms with Crippen molar-refractivity contribution in [3.63, 3.8) is 0 Å². The van der Waals surface area contributed by atoms with Crippen LogP contribution < -0.4 is 5.32 Å². The minimum absolute atomic E-state index is 0.0152. The number of nitrogens with one attached hydrogen (secondary N) is 1.